The Bertz CT molecular complexity index is 1770. The lowest BCUT2D eigenvalue weighted by Crippen LogP contribution is -2.29. The molecule has 0 spiro atoms. The van der Waals surface area contributed by atoms with Crippen molar-refractivity contribution in [3.05, 3.63) is 81.9 Å². The molecule has 1 aliphatic rings. The summed E-state index contributed by atoms with van der Waals surface area (Å²) in [4.78, 5) is 30.2. The molecule has 3 heterocycles. The molecule has 5 aromatic rings. The van der Waals surface area contributed by atoms with Crippen LogP contribution in [0.15, 0.2) is 47.7 Å². The molecule has 3 aromatic heterocycles. The molecule has 0 saturated heterocycles. The molecule has 200 valence electrons. The second-order valence-electron chi connectivity index (χ2n) is 9.60. The van der Waals surface area contributed by atoms with E-state index in [-0.39, 0.29) is 28.7 Å². The van der Waals surface area contributed by atoms with Gasteiger partial charge in [0.15, 0.2) is 28.6 Å². The molecule has 2 aromatic carbocycles. The number of fused-ring (bicyclic) bond motifs is 1. The molecule has 0 bridgehead atoms. The zero-order valence-electron chi connectivity index (χ0n) is 21.3. The summed E-state index contributed by atoms with van der Waals surface area (Å²) in [6, 6.07) is 6.50. The molecular formula is C27H24F3N7O2. The van der Waals surface area contributed by atoms with E-state index in [2.05, 4.69) is 25.3 Å². The van der Waals surface area contributed by atoms with Crippen molar-refractivity contribution >= 4 is 17.1 Å². The van der Waals surface area contributed by atoms with Crippen LogP contribution in [0, 0.1) is 24.4 Å². The number of methoxy groups -OCH3 is 1. The standard InChI is InChI=1S/C27H24F3N7O2/c1-13-11-36(12-31-13)20-7-4-15(10-21(20)39-3)24-33-23-25(34-24)35-27(32-17-5-6-17)37(26(23)38)14(2)16-8-18(28)22(30)19(29)9-16/h4,7-12,14,17H,5-6H2,1-3H3,(H,32,35)(H,33,34). The van der Waals surface area contributed by atoms with Crippen molar-refractivity contribution in [2.45, 2.75) is 38.8 Å². The van der Waals surface area contributed by atoms with Crippen LogP contribution in [0.2, 0.25) is 0 Å². The molecule has 12 heteroatoms. The summed E-state index contributed by atoms with van der Waals surface area (Å²) in [5.41, 5.74) is 2.17. The Hall–Kier alpha value is -4.61. The minimum Gasteiger partial charge on any atom is -0.495 e. The molecule has 0 amide bonds. The number of aryl methyl sites for hydroxylation is 1. The van der Waals surface area contributed by atoms with Gasteiger partial charge in [-0.25, -0.2) is 23.1 Å². The Morgan fingerprint density at radius 3 is 2.51 bits per heavy atom. The highest BCUT2D eigenvalue weighted by molar-refractivity contribution is 5.77. The third-order valence-electron chi connectivity index (χ3n) is 6.78. The van der Waals surface area contributed by atoms with Gasteiger partial charge in [0, 0.05) is 17.8 Å². The normalized spacial score (nSPS) is 14.1. The van der Waals surface area contributed by atoms with E-state index >= 15 is 0 Å². The maximum Gasteiger partial charge on any atom is 0.283 e. The van der Waals surface area contributed by atoms with E-state index in [0.717, 1.165) is 36.4 Å². The van der Waals surface area contributed by atoms with Crippen LogP contribution in [0.5, 0.6) is 5.75 Å². The summed E-state index contributed by atoms with van der Waals surface area (Å²) < 4.78 is 50.4. The van der Waals surface area contributed by atoms with Crippen LogP contribution in [0.25, 0.3) is 28.2 Å². The van der Waals surface area contributed by atoms with Crippen LogP contribution in [0.3, 0.4) is 0 Å². The van der Waals surface area contributed by atoms with Crippen molar-refractivity contribution in [2.75, 3.05) is 12.4 Å². The van der Waals surface area contributed by atoms with Gasteiger partial charge in [-0.2, -0.15) is 4.98 Å². The average molecular weight is 536 g/mol. The summed E-state index contributed by atoms with van der Waals surface area (Å²) in [5, 5.41) is 3.22. The van der Waals surface area contributed by atoms with Crippen LogP contribution in [-0.2, 0) is 0 Å². The molecule has 2 N–H and O–H groups in total. The number of rotatable bonds is 7. The van der Waals surface area contributed by atoms with Gasteiger partial charge in [0.1, 0.15) is 11.6 Å². The molecule has 1 aliphatic carbocycles. The van der Waals surface area contributed by atoms with Gasteiger partial charge in [-0.15, -0.1) is 0 Å². The predicted octanol–water partition coefficient (Wildman–Crippen LogP) is 4.89. The molecule has 0 aliphatic heterocycles. The fourth-order valence-corrected chi connectivity index (χ4v) is 4.53. The molecule has 39 heavy (non-hydrogen) atoms. The minimum absolute atomic E-state index is 0.0505. The van der Waals surface area contributed by atoms with Crippen LogP contribution >= 0.6 is 0 Å². The number of nitrogens with one attached hydrogen (secondary N) is 2. The predicted molar refractivity (Wildman–Crippen MR) is 139 cm³/mol. The molecule has 1 atom stereocenters. The van der Waals surface area contributed by atoms with E-state index < -0.39 is 29.1 Å². The van der Waals surface area contributed by atoms with Crippen molar-refractivity contribution in [2.24, 2.45) is 0 Å². The minimum atomic E-state index is -1.57. The number of anilines is 1. The topological polar surface area (TPSA) is 103 Å². The first-order chi connectivity index (χ1) is 18.7. The first-order valence-electron chi connectivity index (χ1n) is 12.4. The summed E-state index contributed by atoms with van der Waals surface area (Å²) in [5.74, 6) is -3.04. The Labute approximate surface area is 220 Å². The fourth-order valence-electron chi connectivity index (χ4n) is 4.53. The van der Waals surface area contributed by atoms with E-state index in [4.69, 9.17) is 4.74 Å². The number of ether oxygens (including phenoxy) is 1. The van der Waals surface area contributed by atoms with Crippen molar-refractivity contribution < 1.29 is 17.9 Å². The molecule has 1 fully saturated rings. The van der Waals surface area contributed by atoms with E-state index in [1.165, 1.54) is 4.57 Å². The quantitative estimate of drug-likeness (QED) is 0.288. The number of hydrogen-bond acceptors (Lipinski definition) is 6. The number of imidazole rings is 2. The Morgan fingerprint density at radius 1 is 1.13 bits per heavy atom. The van der Waals surface area contributed by atoms with Crippen LogP contribution < -0.4 is 15.6 Å². The average Bonchev–Trinajstić information content (AvgIpc) is 3.45. The second kappa shape index (κ2) is 9.29. The molecular weight excluding hydrogens is 511 g/mol. The number of H-pyrrole nitrogens is 1. The smallest absolute Gasteiger partial charge is 0.283 e. The lowest BCUT2D eigenvalue weighted by molar-refractivity contribution is 0.413. The van der Waals surface area contributed by atoms with Crippen LogP contribution in [-0.4, -0.2) is 42.2 Å². The van der Waals surface area contributed by atoms with E-state index in [1.807, 2.05) is 29.8 Å². The molecule has 1 saturated carbocycles. The maximum atomic E-state index is 14.0. The summed E-state index contributed by atoms with van der Waals surface area (Å²) in [7, 11) is 1.56. The third-order valence-corrected chi connectivity index (χ3v) is 6.78. The summed E-state index contributed by atoms with van der Waals surface area (Å²) >= 11 is 0. The zero-order valence-corrected chi connectivity index (χ0v) is 21.3. The lowest BCUT2D eigenvalue weighted by atomic mass is 10.1. The Kier molecular flexibility index (Phi) is 5.89. The molecule has 1 unspecified atom stereocenters. The molecule has 9 nitrogen and oxygen atoms in total. The van der Waals surface area contributed by atoms with E-state index in [1.54, 1.807) is 26.4 Å². The van der Waals surface area contributed by atoms with E-state index in [9.17, 15) is 18.0 Å². The second-order valence-corrected chi connectivity index (χ2v) is 9.60. The van der Waals surface area contributed by atoms with Crippen molar-refractivity contribution in [1.82, 2.24) is 29.1 Å². The van der Waals surface area contributed by atoms with Crippen LogP contribution in [0.1, 0.15) is 37.1 Å². The highest BCUT2D eigenvalue weighted by Gasteiger charge is 2.27. The van der Waals surface area contributed by atoms with Gasteiger partial charge < -0.3 is 19.6 Å². The van der Waals surface area contributed by atoms with Gasteiger partial charge in [-0.05, 0) is 62.6 Å². The lowest BCUT2D eigenvalue weighted by Gasteiger charge is -2.20. The Morgan fingerprint density at radius 2 is 1.87 bits per heavy atom. The zero-order chi connectivity index (χ0) is 27.4. The number of nitrogens with zero attached hydrogens (tertiary/aromatic N) is 5. The van der Waals surface area contributed by atoms with Crippen molar-refractivity contribution in [3.8, 4) is 22.8 Å². The van der Waals surface area contributed by atoms with Gasteiger partial charge in [0.05, 0.1) is 30.9 Å². The number of aromatic nitrogens is 6. The van der Waals surface area contributed by atoms with Crippen molar-refractivity contribution in [3.63, 3.8) is 0 Å². The monoisotopic (exact) mass is 535 g/mol. The number of halogens is 3. The van der Waals surface area contributed by atoms with Crippen molar-refractivity contribution in [1.29, 1.82) is 0 Å². The number of hydrogen-bond donors (Lipinski definition) is 2. The third kappa shape index (κ3) is 4.41. The highest BCUT2D eigenvalue weighted by Crippen LogP contribution is 2.31. The van der Waals surface area contributed by atoms with Crippen LogP contribution in [0.4, 0.5) is 19.1 Å². The summed E-state index contributed by atoms with van der Waals surface area (Å²) in [6.45, 7) is 3.48. The number of aromatic amines is 1. The first kappa shape index (κ1) is 24.7. The SMILES string of the molecule is COc1cc(-c2nc3c(=O)n(C(C)c4cc(F)c(F)c(F)c4)c(NC4CC4)nc3[nH]2)ccc1-n1cnc(C)c1. The van der Waals surface area contributed by atoms with E-state index in [0.29, 0.717) is 17.1 Å². The first-order valence-corrected chi connectivity index (χ1v) is 12.4. The van der Waals surface area contributed by atoms with Gasteiger partial charge in [-0.1, -0.05) is 0 Å². The molecule has 0 radical (unpaired) electrons. The fraction of sp³-hybridized carbons (Fsp3) is 0.259. The highest BCUT2D eigenvalue weighted by atomic mass is 19.2. The largest absolute Gasteiger partial charge is 0.495 e. The van der Waals surface area contributed by atoms with Gasteiger partial charge >= 0.3 is 0 Å². The number of benzene rings is 2. The summed E-state index contributed by atoms with van der Waals surface area (Å²) in [6.07, 6.45) is 5.37. The van der Waals surface area contributed by atoms with Gasteiger partial charge in [-0.3, -0.25) is 9.36 Å². The van der Waals surface area contributed by atoms with Gasteiger partial charge in [0.2, 0.25) is 5.95 Å². The Balaban J connectivity index is 1.46. The molecule has 6 rings (SSSR count). The maximum absolute atomic E-state index is 14.0. The van der Waals surface area contributed by atoms with Gasteiger partial charge in [0.25, 0.3) is 5.56 Å².